The van der Waals surface area contributed by atoms with Crippen LogP contribution in [0.25, 0.3) is 0 Å². The minimum atomic E-state index is -1.48. The molecule has 208 valence electrons. The van der Waals surface area contributed by atoms with E-state index in [1.54, 1.807) is 38.1 Å². The molecule has 0 radical (unpaired) electrons. The minimum absolute atomic E-state index is 0.101. The van der Waals surface area contributed by atoms with Crippen LogP contribution < -0.4 is 27.4 Å². The number of benzene rings is 1. The van der Waals surface area contributed by atoms with Gasteiger partial charge in [0.05, 0.1) is 6.42 Å². The van der Waals surface area contributed by atoms with Gasteiger partial charge in [-0.05, 0) is 24.3 Å². The van der Waals surface area contributed by atoms with Gasteiger partial charge in [-0.2, -0.15) is 0 Å². The first-order chi connectivity index (χ1) is 17.9. The molecule has 1 aliphatic rings. The second kappa shape index (κ2) is 14.0. The molecule has 38 heavy (non-hydrogen) atoms. The van der Waals surface area contributed by atoms with Crippen molar-refractivity contribution in [1.82, 2.24) is 20.9 Å². The lowest BCUT2D eigenvalue weighted by Gasteiger charge is -2.35. The number of carboxylic acids is 1. The van der Waals surface area contributed by atoms with Gasteiger partial charge < -0.3 is 37.4 Å². The van der Waals surface area contributed by atoms with Gasteiger partial charge in [-0.25, -0.2) is 0 Å². The van der Waals surface area contributed by atoms with Gasteiger partial charge >= 0.3 is 5.97 Å². The molecular weight excluding hydrogens is 494 g/mol. The summed E-state index contributed by atoms with van der Waals surface area (Å²) in [6, 6.07) is 4.29. The van der Waals surface area contributed by atoms with Gasteiger partial charge in [0.25, 0.3) is 0 Å². The van der Waals surface area contributed by atoms with Crippen LogP contribution in [0, 0.1) is 5.92 Å². The number of carbonyl (C=O) groups excluding carboxylic acids is 4. The predicted octanol–water partition coefficient (Wildman–Crippen LogP) is -1.29. The number of rotatable bonds is 9. The largest absolute Gasteiger partial charge is 0.481 e. The quantitative estimate of drug-likeness (QED) is 0.128. The lowest BCUT2D eigenvalue weighted by atomic mass is 9.97. The smallest absolute Gasteiger partial charge is 0.305 e. The van der Waals surface area contributed by atoms with E-state index in [9.17, 15) is 29.1 Å². The fourth-order valence-corrected chi connectivity index (χ4v) is 4.32. The molecule has 4 atom stereocenters. The summed E-state index contributed by atoms with van der Waals surface area (Å²) in [6.07, 6.45) is -0.201. The number of amides is 4. The zero-order chi connectivity index (χ0) is 28.4. The van der Waals surface area contributed by atoms with Crippen LogP contribution in [0.2, 0.25) is 0 Å². The van der Waals surface area contributed by atoms with Gasteiger partial charge in [-0.15, -0.1) is 0 Å². The number of nitrogens with two attached hydrogens (primary N) is 2. The van der Waals surface area contributed by atoms with Crippen molar-refractivity contribution in [3.8, 4) is 0 Å². The van der Waals surface area contributed by atoms with Crippen molar-refractivity contribution in [1.29, 1.82) is 0 Å². The van der Waals surface area contributed by atoms with E-state index >= 15 is 0 Å². The summed E-state index contributed by atoms with van der Waals surface area (Å²) in [5.41, 5.74) is 11.4. The Kier molecular flexibility index (Phi) is 11.0. The third-order valence-corrected chi connectivity index (χ3v) is 6.15. The Balaban J connectivity index is 2.46. The number of nitrogens with zero attached hydrogens (tertiary/aromatic N) is 2. The Bertz CT molecular complexity index is 1040. The summed E-state index contributed by atoms with van der Waals surface area (Å²) in [6.45, 7) is 3.72. The molecular formula is C25H37N7O6. The third-order valence-electron chi connectivity index (χ3n) is 6.15. The average molecular weight is 532 g/mol. The number of nitrogens with one attached hydrogen (secondary N) is 3. The Morgan fingerprint density at radius 1 is 0.974 bits per heavy atom. The van der Waals surface area contributed by atoms with E-state index in [1.807, 2.05) is 6.07 Å². The molecule has 0 aliphatic carbocycles. The van der Waals surface area contributed by atoms with Crippen LogP contribution in [-0.2, 0) is 30.4 Å². The van der Waals surface area contributed by atoms with Crippen molar-refractivity contribution in [2.24, 2.45) is 22.4 Å². The van der Waals surface area contributed by atoms with Gasteiger partial charge in [-0.3, -0.25) is 29.0 Å². The van der Waals surface area contributed by atoms with Gasteiger partial charge in [0.15, 0.2) is 5.96 Å². The van der Waals surface area contributed by atoms with Crippen molar-refractivity contribution < 1.29 is 29.1 Å². The highest BCUT2D eigenvalue weighted by molar-refractivity contribution is 5.98. The molecule has 0 aromatic heterocycles. The zero-order valence-electron chi connectivity index (χ0n) is 21.8. The summed E-state index contributed by atoms with van der Waals surface area (Å²) >= 11 is 0. The number of guanidine groups is 1. The molecule has 8 N–H and O–H groups in total. The molecule has 1 aliphatic heterocycles. The molecule has 1 heterocycles. The summed E-state index contributed by atoms with van der Waals surface area (Å²) in [4.78, 5) is 70.0. The number of hydrogen-bond donors (Lipinski definition) is 6. The topological polar surface area (TPSA) is 209 Å². The Morgan fingerprint density at radius 2 is 1.55 bits per heavy atom. The first-order valence-electron chi connectivity index (χ1n) is 12.4. The predicted molar refractivity (Wildman–Crippen MR) is 139 cm³/mol. The SMILES string of the molecule is CC(C)[C@H]1C(=O)N[C@@H](CCCN=C(N)N)C(=O)N[C@@H](CC(=O)O)C(=O)N[C@H](Cc2ccccc2)C(=O)N1C. The fourth-order valence-electron chi connectivity index (χ4n) is 4.32. The highest BCUT2D eigenvalue weighted by atomic mass is 16.4. The molecule has 0 spiro atoms. The molecule has 13 nitrogen and oxygen atoms in total. The molecule has 2 rings (SSSR count). The van der Waals surface area contributed by atoms with E-state index in [-0.39, 0.29) is 31.3 Å². The van der Waals surface area contributed by atoms with Gasteiger partial charge in [-0.1, -0.05) is 44.2 Å². The summed E-state index contributed by atoms with van der Waals surface area (Å²) < 4.78 is 0. The third kappa shape index (κ3) is 8.75. The summed E-state index contributed by atoms with van der Waals surface area (Å²) in [7, 11) is 1.46. The highest BCUT2D eigenvalue weighted by Crippen LogP contribution is 2.15. The van der Waals surface area contributed by atoms with Crippen molar-refractivity contribution in [3.05, 3.63) is 35.9 Å². The molecule has 1 aromatic rings. The first-order valence-corrected chi connectivity index (χ1v) is 12.4. The fraction of sp³-hybridized carbons (Fsp3) is 0.520. The highest BCUT2D eigenvalue weighted by Gasteiger charge is 2.38. The van der Waals surface area contributed by atoms with Crippen molar-refractivity contribution in [2.75, 3.05) is 13.6 Å². The van der Waals surface area contributed by atoms with Crippen LogP contribution in [0.3, 0.4) is 0 Å². The van der Waals surface area contributed by atoms with Crippen molar-refractivity contribution in [2.45, 2.75) is 63.7 Å². The number of carbonyl (C=O) groups is 5. The minimum Gasteiger partial charge on any atom is -0.481 e. The van der Waals surface area contributed by atoms with E-state index in [0.717, 1.165) is 5.56 Å². The van der Waals surface area contributed by atoms with E-state index in [0.29, 0.717) is 6.42 Å². The number of hydrogen-bond acceptors (Lipinski definition) is 6. The zero-order valence-corrected chi connectivity index (χ0v) is 21.8. The van der Waals surface area contributed by atoms with Crippen LogP contribution in [0.15, 0.2) is 35.3 Å². The number of aliphatic imine (C=N–C) groups is 1. The Labute approximate surface area is 221 Å². The summed E-state index contributed by atoms with van der Waals surface area (Å²) in [5, 5.41) is 17.1. The number of aliphatic carboxylic acids is 1. The molecule has 0 bridgehead atoms. The van der Waals surface area contributed by atoms with Crippen LogP contribution in [0.4, 0.5) is 0 Å². The number of likely N-dealkylation sites (N-methyl/N-ethyl adjacent to an activating group) is 1. The van der Waals surface area contributed by atoms with Crippen LogP contribution in [0.5, 0.6) is 0 Å². The van der Waals surface area contributed by atoms with Crippen LogP contribution in [0.1, 0.15) is 38.7 Å². The van der Waals surface area contributed by atoms with Crippen molar-refractivity contribution >= 4 is 35.6 Å². The number of carboxylic acid groups (broad SMARTS) is 1. The van der Waals surface area contributed by atoms with Crippen LogP contribution in [-0.4, -0.2) is 83.3 Å². The molecule has 4 amide bonds. The van der Waals surface area contributed by atoms with Crippen molar-refractivity contribution in [3.63, 3.8) is 0 Å². The second-order valence-corrected chi connectivity index (χ2v) is 9.56. The van der Waals surface area contributed by atoms with E-state index < -0.39 is 60.2 Å². The van der Waals surface area contributed by atoms with Gasteiger partial charge in [0.1, 0.15) is 24.2 Å². The lowest BCUT2D eigenvalue weighted by Crippen LogP contribution is -2.63. The monoisotopic (exact) mass is 531 g/mol. The van der Waals surface area contributed by atoms with Crippen LogP contribution >= 0.6 is 0 Å². The maximum Gasteiger partial charge on any atom is 0.305 e. The van der Waals surface area contributed by atoms with E-state index in [4.69, 9.17) is 11.5 Å². The Hall–Kier alpha value is -4.16. The molecule has 1 saturated heterocycles. The second-order valence-electron chi connectivity index (χ2n) is 9.56. The molecule has 13 heteroatoms. The average Bonchev–Trinajstić information content (AvgIpc) is 2.83. The molecule has 1 fully saturated rings. The summed E-state index contributed by atoms with van der Waals surface area (Å²) in [5.74, 6) is -4.42. The Morgan fingerprint density at radius 3 is 2.13 bits per heavy atom. The first kappa shape index (κ1) is 30.1. The van der Waals surface area contributed by atoms with Gasteiger partial charge in [0.2, 0.25) is 23.6 Å². The molecule has 0 saturated carbocycles. The maximum absolute atomic E-state index is 13.6. The molecule has 1 aromatic carbocycles. The molecule has 0 unspecified atom stereocenters. The standard InChI is InChI=1S/C25H37N7O6/c1-14(2)20-23(37)29-16(10-7-11-28-25(26)27)21(35)30-17(13-19(33)34)22(36)31-18(24(38)32(20)3)12-15-8-5-4-6-9-15/h4-6,8-9,14,16-18,20H,7,10-13H2,1-3H3,(H,29,37)(H,30,35)(H,31,36)(H,33,34)(H4,26,27,28)/t16-,17-,18+,20-/m0/s1. The lowest BCUT2D eigenvalue weighted by molar-refractivity contribution is -0.146. The maximum atomic E-state index is 13.6. The van der Waals surface area contributed by atoms with E-state index in [2.05, 4.69) is 20.9 Å². The van der Waals surface area contributed by atoms with E-state index in [1.165, 1.54) is 11.9 Å². The normalized spacial score (nSPS) is 23.0. The van der Waals surface area contributed by atoms with Gasteiger partial charge in [0, 0.05) is 20.0 Å².